The molecule has 2 saturated heterocycles. The van der Waals surface area contributed by atoms with Gasteiger partial charge in [-0.05, 0) is 45.7 Å². The van der Waals surface area contributed by atoms with E-state index in [1.54, 1.807) is 0 Å². The summed E-state index contributed by atoms with van der Waals surface area (Å²) in [7, 11) is 0. The fourth-order valence-electron chi connectivity index (χ4n) is 4.56. The summed E-state index contributed by atoms with van der Waals surface area (Å²) in [6.07, 6.45) is 7.21. The molecule has 0 unspecified atom stereocenters. The van der Waals surface area contributed by atoms with Crippen molar-refractivity contribution in [2.75, 3.05) is 37.6 Å². The van der Waals surface area contributed by atoms with E-state index in [0.717, 1.165) is 24.4 Å². The third-order valence-corrected chi connectivity index (χ3v) is 5.64. The van der Waals surface area contributed by atoms with Crippen LogP contribution in [0.3, 0.4) is 0 Å². The smallest absolute Gasteiger partial charge is 0.157 e. The molecule has 0 aliphatic carbocycles. The quantitative estimate of drug-likeness (QED) is 0.854. The maximum Gasteiger partial charge on any atom is 0.157 e. The van der Waals surface area contributed by atoms with Crippen LogP contribution in [0.5, 0.6) is 0 Å². The number of aromatic nitrogens is 3. The first kappa shape index (κ1) is 14.9. The van der Waals surface area contributed by atoms with E-state index in [0.29, 0.717) is 5.41 Å². The van der Waals surface area contributed by atoms with E-state index in [1.807, 2.05) is 16.8 Å². The molecule has 5 nitrogen and oxygen atoms in total. The summed E-state index contributed by atoms with van der Waals surface area (Å²) in [4.78, 5) is 9.77. The first-order chi connectivity index (χ1) is 11.2. The highest BCUT2D eigenvalue weighted by Crippen LogP contribution is 2.39. The number of piperidine rings is 2. The lowest BCUT2D eigenvalue weighted by Crippen LogP contribution is -2.52. The first-order valence-corrected chi connectivity index (χ1v) is 8.98. The second-order valence-corrected chi connectivity index (χ2v) is 7.35. The fraction of sp³-hybridized carbons (Fsp3) is 0.667. The van der Waals surface area contributed by atoms with Gasteiger partial charge in [-0.15, -0.1) is 0 Å². The highest BCUT2D eigenvalue weighted by molar-refractivity contribution is 5.51. The van der Waals surface area contributed by atoms with Gasteiger partial charge >= 0.3 is 0 Å². The van der Waals surface area contributed by atoms with Crippen LogP contribution in [0.25, 0.3) is 5.65 Å². The minimum Gasteiger partial charge on any atom is -0.356 e. The van der Waals surface area contributed by atoms with Crippen LogP contribution in [0.4, 0.5) is 5.82 Å². The third kappa shape index (κ3) is 2.71. The predicted molar refractivity (Wildman–Crippen MR) is 93.0 cm³/mol. The number of hydrogen-bond acceptors (Lipinski definition) is 4. The van der Waals surface area contributed by atoms with Crippen molar-refractivity contribution in [3.63, 3.8) is 0 Å². The van der Waals surface area contributed by atoms with E-state index in [1.165, 1.54) is 51.1 Å². The zero-order chi connectivity index (χ0) is 15.9. The standard InChI is InChI=1S/C18H27N5/c1-3-21-10-4-7-18(13-21)8-5-11-22(14-18)17-12-15(2)20-16-6-9-19-23(16)17/h6,9,12H,3-5,7-8,10-11,13-14H2,1-2H3/t18-/m0/s1. The van der Waals surface area contributed by atoms with Gasteiger partial charge < -0.3 is 9.80 Å². The Hall–Kier alpha value is -1.62. The summed E-state index contributed by atoms with van der Waals surface area (Å²) < 4.78 is 2.01. The number of anilines is 1. The molecule has 1 atom stereocenters. The molecular formula is C18H27N5. The Kier molecular flexibility index (Phi) is 3.76. The summed E-state index contributed by atoms with van der Waals surface area (Å²) in [5, 5.41) is 4.50. The molecule has 0 amide bonds. The summed E-state index contributed by atoms with van der Waals surface area (Å²) in [6, 6.07) is 4.19. The predicted octanol–water partition coefficient (Wildman–Crippen LogP) is 2.74. The Morgan fingerprint density at radius 3 is 2.83 bits per heavy atom. The van der Waals surface area contributed by atoms with Gasteiger partial charge in [0.2, 0.25) is 0 Å². The summed E-state index contributed by atoms with van der Waals surface area (Å²) >= 11 is 0. The SMILES string of the molecule is CCN1CCC[C@]2(CCCN(c3cc(C)nc4ccnn34)C2)C1. The van der Waals surface area contributed by atoms with E-state index in [2.05, 4.69) is 39.8 Å². The van der Waals surface area contributed by atoms with Crippen LogP contribution in [-0.4, -0.2) is 52.2 Å². The lowest BCUT2D eigenvalue weighted by Gasteiger charge is -2.49. The molecule has 0 saturated carbocycles. The Morgan fingerprint density at radius 2 is 2.00 bits per heavy atom. The van der Waals surface area contributed by atoms with Gasteiger partial charge in [-0.2, -0.15) is 9.61 Å². The Labute approximate surface area is 138 Å². The van der Waals surface area contributed by atoms with Gasteiger partial charge in [-0.1, -0.05) is 6.92 Å². The molecule has 2 aromatic heterocycles. The van der Waals surface area contributed by atoms with E-state index >= 15 is 0 Å². The van der Waals surface area contributed by atoms with Crippen molar-refractivity contribution in [1.29, 1.82) is 0 Å². The molecule has 4 rings (SSSR count). The van der Waals surface area contributed by atoms with Crippen molar-refractivity contribution in [2.45, 2.75) is 39.5 Å². The summed E-state index contributed by atoms with van der Waals surface area (Å²) in [5.41, 5.74) is 2.49. The highest BCUT2D eigenvalue weighted by atomic mass is 15.3. The van der Waals surface area contributed by atoms with E-state index in [4.69, 9.17) is 0 Å². The van der Waals surface area contributed by atoms with E-state index in [-0.39, 0.29) is 0 Å². The van der Waals surface area contributed by atoms with Crippen LogP contribution in [0.15, 0.2) is 18.3 Å². The van der Waals surface area contributed by atoms with Crippen LogP contribution in [0.1, 0.15) is 38.3 Å². The van der Waals surface area contributed by atoms with Crippen LogP contribution < -0.4 is 4.90 Å². The van der Waals surface area contributed by atoms with E-state index < -0.39 is 0 Å². The minimum absolute atomic E-state index is 0.461. The molecule has 124 valence electrons. The molecule has 4 heterocycles. The molecule has 1 spiro atoms. The zero-order valence-electron chi connectivity index (χ0n) is 14.3. The van der Waals surface area contributed by atoms with Gasteiger partial charge in [0.15, 0.2) is 5.65 Å². The number of hydrogen-bond donors (Lipinski definition) is 0. The molecule has 2 aromatic rings. The topological polar surface area (TPSA) is 36.7 Å². The highest BCUT2D eigenvalue weighted by Gasteiger charge is 2.39. The molecule has 0 bridgehead atoms. The number of aryl methyl sites for hydroxylation is 1. The van der Waals surface area contributed by atoms with Crippen molar-refractivity contribution >= 4 is 11.5 Å². The maximum absolute atomic E-state index is 4.59. The molecule has 2 fully saturated rings. The van der Waals surface area contributed by atoms with Gasteiger partial charge in [0.05, 0.1) is 6.20 Å². The van der Waals surface area contributed by atoms with Crippen LogP contribution >= 0.6 is 0 Å². The third-order valence-electron chi connectivity index (χ3n) is 5.64. The van der Waals surface area contributed by atoms with E-state index in [9.17, 15) is 0 Å². The van der Waals surface area contributed by atoms with Gasteiger partial charge in [0.25, 0.3) is 0 Å². The number of likely N-dealkylation sites (tertiary alicyclic amines) is 1. The molecule has 0 radical (unpaired) electrons. The maximum atomic E-state index is 4.59. The molecule has 23 heavy (non-hydrogen) atoms. The molecule has 0 N–H and O–H groups in total. The molecule has 2 aliphatic rings. The van der Waals surface area contributed by atoms with Gasteiger partial charge in [0.1, 0.15) is 5.82 Å². The average Bonchev–Trinajstić information content (AvgIpc) is 3.02. The Morgan fingerprint density at radius 1 is 1.17 bits per heavy atom. The number of nitrogens with zero attached hydrogens (tertiary/aromatic N) is 5. The molecular weight excluding hydrogens is 286 g/mol. The Balaban J connectivity index is 1.65. The molecule has 5 heteroatoms. The van der Waals surface area contributed by atoms with Crippen LogP contribution in [0.2, 0.25) is 0 Å². The summed E-state index contributed by atoms with van der Waals surface area (Å²) in [5.74, 6) is 1.21. The largest absolute Gasteiger partial charge is 0.356 e. The first-order valence-electron chi connectivity index (χ1n) is 8.98. The number of fused-ring (bicyclic) bond motifs is 1. The van der Waals surface area contributed by atoms with Crippen molar-refractivity contribution in [3.8, 4) is 0 Å². The zero-order valence-corrected chi connectivity index (χ0v) is 14.3. The van der Waals surface area contributed by atoms with Crippen molar-refractivity contribution in [3.05, 3.63) is 24.0 Å². The summed E-state index contributed by atoms with van der Waals surface area (Å²) in [6.45, 7) is 10.4. The van der Waals surface area contributed by atoms with Crippen LogP contribution in [0, 0.1) is 12.3 Å². The molecule has 2 aliphatic heterocycles. The fourth-order valence-corrected chi connectivity index (χ4v) is 4.56. The second kappa shape index (κ2) is 5.78. The minimum atomic E-state index is 0.461. The van der Waals surface area contributed by atoms with Gasteiger partial charge in [-0.3, -0.25) is 0 Å². The second-order valence-electron chi connectivity index (χ2n) is 7.35. The van der Waals surface area contributed by atoms with Crippen molar-refractivity contribution < 1.29 is 0 Å². The Bertz CT molecular complexity index is 690. The van der Waals surface area contributed by atoms with Gasteiger partial charge in [0, 0.05) is 42.9 Å². The van der Waals surface area contributed by atoms with Crippen molar-refractivity contribution in [1.82, 2.24) is 19.5 Å². The average molecular weight is 313 g/mol. The van der Waals surface area contributed by atoms with Gasteiger partial charge in [-0.25, -0.2) is 4.98 Å². The monoisotopic (exact) mass is 313 g/mol. The number of rotatable bonds is 2. The van der Waals surface area contributed by atoms with Crippen LogP contribution in [-0.2, 0) is 0 Å². The molecule has 0 aromatic carbocycles. The lowest BCUT2D eigenvalue weighted by atomic mass is 9.73. The lowest BCUT2D eigenvalue weighted by molar-refractivity contribution is 0.0767. The normalized spacial score (nSPS) is 26.3. The van der Waals surface area contributed by atoms with Crippen molar-refractivity contribution in [2.24, 2.45) is 5.41 Å².